The third-order valence-corrected chi connectivity index (χ3v) is 5.53. The van der Waals surface area contributed by atoms with Crippen molar-refractivity contribution >= 4 is 28.6 Å². The summed E-state index contributed by atoms with van der Waals surface area (Å²) in [6, 6.07) is 18.9. The number of aromatic nitrogens is 2. The topological polar surface area (TPSA) is 97.1 Å². The number of hydrogen-bond donors (Lipinski definition) is 2. The van der Waals surface area contributed by atoms with E-state index in [9.17, 15) is 9.59 Å². The number of fused-ring (bicyclic) bond motifs is 1. The van der Waals surface area contributed by atoms with Crippen molar-refractivity contribution in [3.63, 3.8) is 0 Å². The highest BCUT2D eigenvalue weighted by atomic mass is 16.5. The number of aryl methyl sites for hydroxylation is 1. The summed E-state index contributed by atoms with van der Waals surface area (Å²) in [6.45, 7) is 2.11. The summed E-state index contributed by atoms with van der Waals surface area (Å²) in [7, 11) is 0. The van der Waals surface area contributed by atoms with E-state index in [-0.39, 0.29) is 17.7 Å². The fourth-order valence-corrected chi connectivity index (χ4v) is 3.66. The largest absolute Gasteiger partial charge is 0.348 e. The first-order chi connectivity index (χ1) is 15.6. The van der Waals surface area contributed by atoms with E-state index in [1.54, 1.807) is 13.0 Å². The molecule has 2 aromatic carbocycles. The number of benzene rings is 2. The Morgan fingerprint density at radius 1 is 1.06 bits per heavy atom. The van der Waals surface area contributed by atoms with Crippen molar-refractivity contribution in [1.29, 1.82) is 0 Å². The van der Waals surface area contributed by atoms with Gasteiger partial charge in [0.25, 0.3) is 11.6 Å². The van der Waals surface area contributed by atoms with Crippen LogP contribution in [0.3, 0.4) is 0 Å². The molecule has 0 aliphatic heterocycles. The van der Waals surface area contributed by atoms with Crippen molar-refractivity contribution in [3.05, 3.63) is 77.5 Å². The van der Waals surface area contributed by atoms with E-state index >= 15 is 0 Å². The number of pyridine rings is 1. The van der Waals surface area contributed by atoms with Gasteiger partial charge < -0.3 is 15.2 Å². The Labute approximate surface area is 184 Å². The molecule has 0 radical (unpaired) electrons. The SMILES string of the molecule is Cc1noc2nc(-c3ccccc3)cc(C(=O)NCc3cccc(NC(=O)C4CC4)c3)c12. The molecule has 7 heteroatoms. The highest BCUT2D eigenvalue weighted by molar-refractivity contribution is 6.07. The lowest BCUT2D eigenvalue weighted by molar-refractivity contribution is -0.117. The van der Waals surface area contributed by atoms with Crippen molar-refractivity contribution in [3.8, 4) is 11.3 Å². The highest BCUT2D eigenvalue weighted by Gasteiger charge is 2.29. The molecule has 2 amide bonds. The van der Waals surface area contributed by atoms with Gasteiger partial charge in [0.1, 0.15) is 0 Å². The molecule has 2 N–H and O–H groups in total. The third-order valence-electron chi connectivity index (χ3n) is 5.53. The third kappa shape index (κ3) is 4.09. The maximum atomic E-state index is 13.1. The van der Waals surface area contributed by atoms with E-state index in [2.05, 4.69) is 20.8 Å². The normalized spacial score (nSPS) is 13.2. The molecule has 32 heavy (non-hydrogen) atoms. The van der Waals surface area contributed by atoms with Gasteiger partial charge in [0.2, 0.25) is 5.91 Å². The van der Waals surface area contributed by atoms with Gasteiger partial charge in [0.05, 0.1) is 22.3 Å². The standard InChI is InChI=1S/C25H22N4O3/c1-15-22-20(13-21(28-25(22)32-29-15)17-7-3-2-4-8-17)24(31)26-14-16-6-5-9-19(12-16)27-23(30)18-10-11-18/h2-9,12-13,18H,10-11,14H2,1H3,(H,26,31)(H,27,30). The predicted molar refractivity (Wildman–Crippen MR) is 121 cm³/mol. The highest BCUT2D eigenvalue weighted by Crippen LogP contribution is 2.30. The van der Waals surface area contributed by atoms with Crippen LogP contribution < -0.4 is 10.6 Å². The number of carbonyl (C=O) groups is 2. The molecule has 5 rings (SSSR count). The zero-order valence-corrected chi connectivity index (χ0v) is 17.6. The molecule has 2 aromatic heterocycles. The lowest BCUT2D eigenvalue weighted by atomic mass is 10.0. The van der Waals surface area contributed by atoms with Gasteiger partial charge >= 0.3 is 0 Å². The molecule has 7 nitrogen and oxygen atoms in total. The van der Waals surface area contributed by atoms with Crippen LogP contribution in [0, 0.1) is 12.8 Å². The predicted octanol–water partition coefficient (Wildman–Crippen LogP) is 4.48. The molecule has 1 saturated carbocycles. The van der Waals surface area contributed by atoms with Crippen LogP contribution in [0.4, 0.5) is 5.69 Å². The van der Waals surface area contributed by atoms with E-state index in [4.69, 9.17) is 4.52 Å². The summed E-state index contributed by atoms with van der Waals surface area (Å²) in [6.07, 6.45) is 1.91. The second-order valence-electron chi connectivity index (χ2n) is 8.02. The smallest absolute Gasteiger partial charge is 0.259 e. The van der Waals surface area contributed by atoms with E-state index < -0.39 is 0 Å². The molecule has 0 atom stereocenters. The maximum Gasteiger partial charge on any atom is 0.259 e. The van der Waals surface area contributed by atoms with Gasteiger partial charge in [-0.05, 0) is 43.5 Å². The summed E-state index contributed by atoms with van der Waals surface area (Å²) in [5.74, 6) is -0.0480. The van der Waals surface area contributed by atoms with Crippen molar-refractivity contribution in [1.82, 2.24) is 15.5 Å². The number of carbonyl (C=O) groups excluding carboxylic acids is 2. The summed E-state index contributed by atoms with van der Waals surface area (Å²) in [4.78, 5) is 29.7. The number of nitrogens with one attached hydrogen (secondary N) is 2. The second-order valence-corrected chi connectivity index (χ2v) is 8.02. The first-order valence-corrected chi connectivity index (χ1v) is 10.6. The van der Waals surface area contributed by atoms with E-state index in [0.29, 0.717) is 34.6 Å². The number of rotatable bonds is 6. The maximum absolute atomic E-state index is 13.1. The van der Waals surface area contributed by atoms with Crippen molar-refractivity contribution in [2.24, 2.45) is 5.92 Å². The van der Waals surface area contributed by atoms with Crippen LogP contribution in [-0.2, 0) is 11.3 Å². The van der Waals surface area contributed by atoms with Crippen LogP contribution in [0.25, 0.3) is 22.4 Å². The minimum absolute atomic E-state index is 0.0572. The molecule has 0 saturated heterocycles. The molecule has 0 unspecified atom stereocenters. The number of anilines is 1. The molecule has 2 heterocycles. The Kier molecular flexibility index (Phi) is 5.15. The average molecular weight is 426 g/mol. The molecule has 4 aromatic rings. The molecule has 1 aliphatic rings. The van der Waals surface area contributed by atoms with E-state index in [1.807, 2.05) is 54.6 Å². The van der Waals surface area contributed by atoms with Crippen LogP contribution in [0.15, 0.2) is 65.2 Å². The summed E-state index contributed by atoms with van der Waals surface area (Å²) < 4.78 is 5.36. The molecule has 160 valence electrons. The zero-order chi connectivity index (χ0) is 22.1. The monoisotopic (exact) mass is 426 g/mol. The van der Waals surface area contributed by atoms with Crippen molar-refractivity contribution in [2.45, 2.75) is 26.3 Å². The van der Waals surface area contributed by atoms with Crippen LogP contribution in [-0.4, -0.2) is 22.0 Å². The molecule has 0 bridgehead atoms. The Morgan fingerprint density at radius 3 is 2.66 bits per heavy atom. The van der Waals surface area contributed by atoms with Crippen molar-refractivity contribution in [2.75, 3.05) is 5.32 Å². The Balaban J connectivity index is 1.38. The fraction of sp³-hybridized carbons (Fsp3) is 0.200. The van der Waals surface area contributed by atoms with Crippen molar-refractivity contribution < 1.29 is 14.1 Å². The molecular formula is C25H22N4O3. The van der Waals surface area contributed by atoms with E-state index in [0.717, 1.165) is 29.7 Å². The summed E-state index contributed by atoms with van der Waals surface area (Å²) in [5.41, 5.74) is 4.57. The average Bonchev–Trinajstić information content (AvgIpc) is 3.61. The number of nitrogens with zero attached hydrogens (tertiary/aromatic N) is 2. The van der Waals surface area contributed by atoms with Gasteiger partial charge in [-0.15, -0.1) is 0 Å². The molecular weight excluding hydrogens is 404 g/mol. The first-order valence-electron chi connectivity index (χ1n) is 10.6. The lowest BCUT2D eigenvalue weighted by Crippen LogP contribution is -2.23. The minimum Gasteiger partial charge on any atom is -0.348 e. The first kappa shape index (κ1) is 19.9. The zero-order valence-electron chi connectivity index (χ0n) is 17.6. The van der Waals surface area contributed by atoms with Gasteiger partial charge in [-0.25, -0.2) is 4.98 Å². The van der Waals surface area contributed by atoms with Gasteiger partial charge in [-0.3, -0.25) is 9.59 Å². The second kappa shape index (κ2) is 8.26. The van der Waals surface area contributed by atoms with Gasteiger partial charge in [-0.2, -0.15) is 0 Å². The summed E-state index contributed by atoms with van der Waals surface area (Å²) in [5, 5.41) is 10.5. The Hall–Kier alpha value is -4.00. The van der Waals surface area contributed by atoms with Crippen LogP contribution in [0.5, 0.6) is 0 Å². The van der Waals surface area contributed by atoms with Crippen LogP contribution in [0.1, 0.15) is 34.5 Å². The minimum atomic E-state index is -0.242. The molecule has 0 spiro atoms. The van der Waals surface area contributed by atoms with Gasteiger partial charge in [-0.1, -0.05) is 47.6 Å². The van der Waals surface area contributed by atoms with Gasteiger partial charge in [0, 0.05) is 23.7 Å². The number of amides is 2. The van der Waals surface area contributed by atoms with E-state index in [1.165, 1.54) is 0 Å². The van der Waals surface area contributed by atoms with Crippen LogP contribution in [0.2, 0.25) is 0 Å². The Morgan fingerprint density at radius 2 is 1.88 bits per heavy atom. The molecule has 1 aliphatic carbocycles. The fourth-order valence-electron chi connectivity index (χ4n) is 3.66. The lowest BCUT2D eigenvalue weighted by Gasteiger charge is -2.10. The summed E-state index contributed by atoms with van der Waals surface area (Å²) >= 11 is 0. The number of hydrogen-bond acceptors (Lipinski definition) is 5. The Bertz CT molecular complexity index is 1310. The van der Waals surface area contributed by atoms with Crippen LogP contribution >= 0.6 is 0 Å². The van der Waals surface area contributed by atoms with Gasteiger partial charge in [0.15, 0.2) is 0 Å². The molecule has 1 fully saturated rings. The quantitative estimate of drug-likeness (QED) is 0.474.